The highest BCUT2D eigenvalue weighted by atomic mass is 35.5. The number of carbonyl (C=O) groups excluding carboxylic acids is 1. The molecular formula is C15H20ClF3N4O3. The van der Waals surface area contributed by atoms with Crippen LogP contribution in [0.5, 0.6) is 0 Å². The summed E-state index contributed by atoms with van der Waals surface area (Å²) in [6.07, 6.45) is -4.56. The van der Waals surface area contributed by atoms with E-state index in [1.807, 2.05) is 6.92 Å². The standard InChI is InChI=1S/C15H19F3N4O3.ClH/c1-10-9-19-6-7-21(10)14(23)4-5-20-12-3-2-11(15(16,17)18)8-13(12)22(24)25;/h2-3,8,10,19-20H,4-7,9H2,1H3;1H/t10-;/m0./s1. The number of anilines is 1. The lowest BCUT2D eigenvalue weighted by atomic mass is 10.1. The van der Waals surface area contributed by atoms with Crippen molar-refractivity contribution in [2.45, 2.75) is 25.6 Å². The zero-order valence-electron chi connectivity index (χ0n) is 14.0. The summed E-state index contributed by atoms with van der Waals surface area (Å²) < 4.78 is 38.0. The molecule has 1 fully saturated rings. The summed E-state index contributed by atoms with van der Waals surface area (Å²) in [4.78, 5) is 24.0. The summed E-state index contributed by atoms with van der Waals surface area (Å²) in [7, 11) is 0. The highest BCUT2D eigenvalue weighted by Gasteiger charge is 2.33. The number of carbonyl (C=O) groups is 1. The number of benzene rings is 1. The van der Waals surface area contributed by atoms with E-state index in [-0.39, 0.29) is 43.0 Å². The first-order chi connectivity index (χ1) is 11.7. The number of nitrogens with one attached hydrogen (secondary N) is 2. The van der Waals surface area contributed by atoms with Gasteiger partial charge in [0.05, 0.1) is 10.5 Å². The van der Waals surface area contributed by atoms with Gasteiger partial charge < -0.3 is 15.5 Å². The van der Waals surface area contributed by atoms with Gasteiger partial charge in [0.25, 0.3) is 5.69 Å². The molecule has 1 aromatic rings. The first-order valence-electron chi connectivity index (χ1n) is 7.80. The van der Waals surface area contributed by atoms with Gasteiger partial charge in [0, 0.05) is 44.7 Å². The molecule has 0 bridgehead atoms. The van der Waals surface area contributed by atoms with Crippen molar-refractivity contribution < 1.29 is 22.9 Å². The Morgan fingerprint density at radius 2 is 2.15 bits per heavy atom. The monoisotopic (exact) mass is 396 g/mol. The van der Waals surface area contributed by atoms with Gasteiger partial charge in [0.2, 0.25) is 5.91 Å². The molecule has 2 N–H and O–H groups in total. The third kappa shape index (κ3) is 5.46. The molecule has 7 nitrogen and oxygen atoms in total. The smallest absolute Gasteiger partial charge is 0.379 e. The highest BCUT2D eigenvalue weighted by molar-refractivity contribution is 5.85. The Kier molecular flexibility index (Phi) is 7.64. The SMILES string of the molecule is C[C@H]1CNCCN1C(=O)CCNc1ccc(C(F)(F)F)cc1[N+](=O)[O-].Cl. The van der Waals surface area contributed by atoms with E-state index in [0.717, 1.165) is 12.1 Å². The fraction of sp³-hybridized carbons (Fsp3) is 0.533. The first kappa shape index (κ1) is 22.0. The fourth-order valence-corrected chi connectivity index (χ4v) is 2.67. The number of hydrogen-bond acceptors (Lipinski definition) is 5. The number of piperazine rings is 1. The Bertz CT molecular complexity index is 658. The van der Waals surface area contributed by atoms with Gasteiger partial charge in [-0.2, -0.15) is 13.2 Å². The van der Waals surface area contributed by atoms with Crippen LogP contribution in [0.3, 0.4) is 0 Å². The molecular weight excluding hydrogens is 377 g/mol. The van der Waals surface area contributed by atoms with Crippen molar-refractivity contribution in [1.82, 2.24) is 10.2 Å². The van der Waals surface area contributed by atoms with E-state index in [1.54, 1.807) is 4.90 Å². The summed E-state index contributed by atoms with van der Waals surface area (Å²) in [5.74, 6) is -0.101. The zero-order chi connectivity index (χ0) is 18.6. The number of hydrogen-bond donors (Lipinski definition) is 2. The summed E-state index contributed by atoms with van der Waals surface area (Å²) in [5.41, 5.74) is -1.80. The summed E-state index contributed by atoms with van der Waals surface area (Å²) in [5, 5.41) is 16.9. The number of rotatable bonds is 5. The van der Waals surface area contributed by atoms with Gasteiger partial charge in [-0.15, -0.1) is 12.4 Å². The normalized spacial score (nSPS) is 17.4. The molecule has 0 spiro atoms. The number of nitro benzene ring substituents is 1. The van der Waals surface area contributed by atoms with Gasteiger partial charge in [0.15, 0.2) is 0 Å². The Balaban J connectivity index is 0.00000338. The van der Waals surface area contributed by atoms with Gasteiger partial charge in [-0.3, -0.25) is 14.9 Å². The minimum absolute atomic E-state index is 0. The van der Waals surface area contributed by atoms with E-state index in [9.17, 15) is 28.1 Å². The molecule has 0 unspecified atom stereocenters. The maximum Gasteiger partial charge on any atom is 0.416 e. The number of alkyl halides is 3. The maximum atomic E-state index is 12.7. The minimum atomic E-state index is -4.66. The average Bonchev–Trinajstić information content (AvgIpc) is 2.54. The van der Waals surface area contributed by atoms with Gasteiger partial charge in [-0.25, -0.2) is 0 Å². The fourth-order valence-electron chi connectivity index (χ4n) is 2.67. The van der Waals surface area contributed by atoms with Crippen LogP contribution in [0.15, 0.2) is 18.2 Å². The number of nitrogens with zero attached hydrogens (tertiary/aromatic N) is 2. The Labute approximate surface area is 154 Å². The Morgan fingerprint density at radius 3 is 2.73 bits per heavy atom. The molecule has 146 valence electrons. The molecule has 1 aromatic carbocycles. The lowest BCUT2D eigenvalue weighted by Crippen LogP contribution is -2.52. The second-order valence-corrected chi connectivity index (χ2v) is 5.80. The average molecular weight is 397 g/mol. The van der Waals surface area contributed by atoms with E-state index >= 15 is 0 Å². The number of halogens is 4. The van der Waals surface area contributed by atoms with E-state index in [0.29, 0.717) is 25.7 Å². The molecule has 0 aromatic heterocycles. The lowest BCUT2D eigenvalue weighted by molar-refractivity contribution is -0.384. The summed E-state index contributed by atoms with van der Waals surface area (Å²) >= 11 is 0. The molecule has 1 aliphatic rings. The van der Waals surface area contributed by atoms with E-state index in [2.05, 4.69) is 10.6 Å². The third-order valence-corrected chi connectivity index (χ3v) is 4.00. The van der Waals surface area contributed by atoms with Crippen LogP contribution in [0.2, 0.25) is 0 Å². The van der Waals surface area contributed by atoms with Crippen molar-refractivity contribution in [3.8, 4) is 0 Å². The Hall–Kier alpha value is -2.07. The van der Waals surface area contributed by atoms with E-state index in [1.165, 1.54) is 0 Å². The quantitative estimate of drug-likeness (QED) is 0.590. The van der Waals surface area contributed by atoms with Crippen LogP contribution in [-0.2, 0) is 11.0 Å². The molecule has 2 rings (SSSR count). The molecule has 1 amide bonds. The molecule has 1 saturated heterocycles. The number of nitro groups is 1. The number of amides is 1. The molecule has 1 aliphatic heterocycles. The molecule has 1 atom stereocenters. The molecule has 0 saturated carbocycles. The molecule has 26 heavy (non-hydrogen) atoms. The zero-order valence-corrected chi connectivity index (χ0v) is 14.8. The summed E-state index contributed by atoms with van der Waals surface area (Å²) in [6.45, 7) is 4.00. The second kappa shape index (κ2) is 9.04. The van der Waals surface area contributed by atoms with Crippen LogP contribution in [0.4, 0.5) is 24.5 Å². The van der Waals surface area contributed by atoms with Gasteiger partial charge in [-0.1, -0.05) is 0 Å². The topological polar surface area (TPSA) is 87.5 Å². The van der Waals surface area contributed by atoms with Crippen molar-refractivity contribution >= 4 is 29.7 Å². The van der Waals surface area contributed by atoms with Gasteiger partial charge in [0.1, 0.15) is 5.69 Å². The van der Waals surface area contributed by atoms with Crippen molar-refractivity contribution in [2.24, 2.45) is 0 Å². The first-order valence-corrected chi connectivity index (χ1v) is 7.80. The van der Waals surface area contributed by atoms with Crippen molar-refractivity contribution in [3.63, 3.8) is 0 Å². The molecule has 0 aliphatic carbocycles. The van der Waals surface area contributed by atoms with Gasteiger partial charge in [-0.05, 0) is 19.1 Å². The van der Waals surface area contributed by atoms with Crippen LogP contribution >= 0.6 is 12.4 Å². The predicted octanol–water partition coefficient (Wildman–Crippen LogP) is 2.66. The van der Waals surface area contributed by atoms with Crippen LogP contribution in [0.25, 0.3) is 0 Å². The van der Waals surface area contributed by atoms with Crippen molar-refractivity contribution in [1.29, 1.82) is 0 Å². The van der Waals surface area contributed by atoms with E-state index < -0.39 is 22.4 Å². The maximum absolute atomic E-state index is 12.7. The second-order valence-electron chi connectivity index (χ2n) is 5.80. The van der Waals surface area contributed by atoms with Crippen molar-refractivity contribution in [3.05, 3.63) is 33.9 Å². The third-order valence-electron chi connectivity index (χ3n) is 4.00. The molecule has 11 heteroatoms. The molecule has 1 heterocycles. The van der Waals surface area contributed by atoms with Gasteiger partial charge >= 0.3 is 6.18 Å². The minimum Gasteiger partial charge on any atom is -0.379 e. The van der Waals surface area contributed by atoms with Crippen LogP contribution in [0.1, 0.15) is 18.9 Å². The highest BCUT2D eigenvalue weighted by Crippen LogP contribution is 2.34. The largest absolute Gasteiger partial charge is 0.416 e. The Morgan fingerprint density at radius 1 is 1.46 bits per heavy atom. The predicted molar refractivity (Wildman–Crippen MR) is 92.5 cm³/mol. The summed E-state index contributed by atoms with van der Waals surface area (Å²) in [6, 6.07) is 2.33. The lowest BCUT2D eigenvalue weighted by Gasteiger charge is -2.34. The van der Waals surface area contributed by atoms with Crippen LogP contribution < -0.4 is 10.6 Å². The van der Waals surface area contributed by atoms with Crippen molar-refractivity contribution in [2.75, 3.05) is 31.5 Å². The molecule has 0 radical (unpaired) electrons. The van der Waals surface area contributed by atoms with Crippen LogP contribution in [0, 0.1) is 10.1 Å². The van der Waals surface area contributed by atoms with Crippen LogP contribution in [-0.4, -0.2) is 48.0 Å². The van der Waals surface area contributed by atoms with E-state index in [4.69, 9.17) is 0 Å².